The molecule has 21 heavy (non-hydrogen) atoms. The molecule has 0 fully saturated rings. The van der Waals surface area contributed by atoms with E-state index < -0.39 is 0 Å². The summed E-state index contributed by atoms with van der Waals surface area (Å²) in [6.07, 6.45) is 0. The number of ether oxygens (including phenoxy) is 3. The minimum Gasteiger partial charge on any atom is -0.452 e. The Morgan fingerprint density at radius 1 is 1.48 bits per heavy atom. The highest BCUT2D eigenvalue weighted by molar-refractivity contribution is 6.33. The van der Waals surface area contributed by atoms with Crippen LogP contribution in [0.25, 0.3) is 0 Å². The molecule has 1 aliphatic heterocycles. The number of anilines is 1. The fraction of sp³-hybridized carbons (Fsp3) is 0.357. The summed E-state index contributed by atoms with van der Waals surface area (Å²) in [4.78, 5) is 12.7. The maximum atomic E-state index is 11.3. The molecule has 1 aliphatic rings. The molecule has 1 heterocycles. The van der Waals surface area contributed by atoms with Gasteiger partial charge in [0.15, 0.2) is 11.5 Å². The normalized spacial score (nSPS) is 11.8. The Hall–Kier alpha value is -2.10. The van der Waals surface area contributed by atoms with Gasteiger partial charge in [-0.25, -0.2) is 0 Å². The van der Waals surface area contributed by atoms with E-state index in [0.29, 0.717) is 27.8 Å². The van der Waals surface area contributed by atoms with E-state index in [1.54, 1.807) is 20.2 Å². The van der Waals surface area contributed by atoms with Gasteiger partial charge in [0.2, 0.25) is 12.7 Å². The fourth-order valence-electron chi connectivity index (χ4n) is 1.60. The van der Waals surface area contributed by atoms with E-state index in [1.807, 2.05) is 0 Å². The minimum atomic E-state index is -0.120. The first-order chi connectivity index (χ1) is 10.0. The van der Waals surface area contributed by atoms with Crippen molar-refractivity contribution in [1.29, 1.82) is 0 Å². The number of carbonyl (C=O) groups is 1. The number of fused-ring (bicyclic) bond motifs is 1. The first kappa shape index (κ1) is 15.3. The molecule has 0 spiro atoms. The lowest BCUT2D eigenvalue weighted by Gasteiger charge is -2.08. The van der Waals surface area contributed by atoms with Gasteiger partial charge in [-0.2, -0.15) is 0 Å². The molecule has 7 heteroatoms. The Kier molecular flexibility index (Phi) is 4.78. The molecule has 6 nitrogen and oxygen atoms in total. The van der Waals surface area contributed by atoms with Crippen molar-refractivity contribution in [2.24, 2.45) is 0 Å². The third-order valence-electron chi connectivity index (χ3n) is 2.75. The van der Waals surface area contributed by atoms with Crippen LogP contribution in [0.15, 0.2) is 6.07 Å². The van der Waals surface area contributed by atoms with Gasteiger partial charge in [0.1, 0.15) is 13.2 Å². The quantitative estimate of drug-likeness (QED) is 0.514. The molecule has 1 amide bonds. The van der Waals surface area contributed by atoms with Crippen molar-refractivity contribution in [3.63, 3.8) is 0 Å². The minimum absolute atomic E-state index is 0.0120. The second-order valence-electron chi connectivity index (χ2n) is 4.47. The Labute approximate surface area is 127 Å². The monoisotopic (exact) mass is 310 g/mol. The summed E-state index contributed by atoms with van der Waals surface area (Å²) in [5, 5.41) is 0.354. The van der Waals surface area contributed by atoms with Crippen molar-refractivity contribution in [3.8, 4) is 23.3 Å². The lowest BCUT2D eigenvalue weighted by Crippen LogP contribution is -2.26. The Morgan fingerprint density at radius 2 is 2.19 bits per heavy atom. The van der Waals surface area contributed by atoms with Gasteiger partial charge >= 0.3 is 0 Å². The van der Waals surface area contributed by atoms with Gasteiger partial charge in [0.05, 0.1) is 16.3 Å². The molecule has 1 aromatic carbocycles. The third-order valence-corrected chi connectivity index (χ3v) is 3.06. The smallest absolute Gasteiger partial charge is 0.248 e. The van der Waals surface area contributed by atoms with Gasteiger partial charge in [-0.05, 0) is 6.07 Å². The van der Waals surface area contributed by atoms with E-state index in [4.69, 9.17) is 31.5 Å². The lowest BCUT2D eigenvalue weighted by atomic mass is 10.1. The van der Waals surface area contributed by atoms with Crippen LogP contribution in [0.5, 0.6) is 11.5 Å². The number of hydrogen-bond donors (Lipinski definition) is 1. The number of benzene rings is 1. The summed E-state index contributed by atoms with van der Waals surface area (Å²) < 4.78 is 15.7. The lowest BCUT2D eigenvalue weighted by molar-refractivity contribution is -0.133. The van der Waals surface area contributed by atoms with Gasteiger partial charge in [-0.1, -0.05) is 23.4 Å². The number of rotatable bonds is 3. The van der Waals surface area contributed by atoms with Crippen LogP contribution in [0.1, 0.15) is 5.56 Å². The van der Waals surface area contributed by atoms with Gasteiger partial charge in [-0.3, -0.25) is 4.79 Å². The second-order valence-corrected chi connectivity index (χ2v) is 4.87. The van der Waals surface area contributed by atoms with Crippen LogP contribution >= 0.6 is 11.6 Å². The van der Waals surface area contributed by atoms with Crippen LogP contribution < -0.4 is 15.2 Å². The van der Waals surface area contributed by atoms with E-state index in [2.05, 4.69) is 11.8 Å². The summed E-state index contributed by atoms with van der Waals surface area (Å²) in [5.41, 5.74) is 6.70. The molecule has 2 N–H and O–H groups in total. The topological polar surface area (TPSA) is 74.0 Å². The highest BCUT2D eigenvalue weighted by Gasteiger charge is 2.22. The molecule has 112 valence electrons. The summed E-state index contributed by atoms with van der Waals surface area (Å²) in [5.74, 6) is 6.44. The number of nitrogens with two attached hydrogens (primary N) is 1. The second kappa shape index (κ2) is 6.57. The zero-order valence-electron chi connectivity index (χ0n) is 11.7. The van der Waals surface area contributed by atoms with E-state index in [-0.39, 0.29) is 25.9 Å². The Bertz CT molecular complexity index is 620. The average Bonchev–Trinajstić information content (AvgIpc) is 2.93. The van der Waals surface area contributed by atoms with Crippen LogP contribution in [-0.4, -0.2) is 44.9 Å². The molecule has 1 aromatic rings. The Balaban J connectivity index is 2.02. The first-order valence-corrected chi connectivity index (χ1v) is 6.53. The molecular formula is C14H15ClN2O4. The highest BCUT2D eigenvalue weighted by atomic mass is 35.5. The summed E-state index contributed by atoms with van der Waals surface area (Å²) in [6, 6.07) is 1.61. The number of amides is 1. The van der Waals surface area contributed by atoms with Gasteiger partial charge < -0.3 is 24.8 Å². The molecule has 2 rings (SSSR count). The van der Waals surface area contributed by atoms with Crippen molar-refractivity contribution >= 4 is 23.2 Å². The predicted molar refractivity (Wildman–Crippen MR) is 78.4 cm³/mol. The summed E-state index contributed by atoms with van der Waals surface area (Å²) in [6.45, 7) is 0.196. The molecule has 0 bridgehead atoms. The first-order valence-electron chi connectivity index (χ1n) is 6.15. The predicted octanol–water partition coefficient (Wildman–Crippen LogP) is 1.11. The van der Waals surface area contributed by atoms with Gasteiger partial charge in [-0.15, -0.1) is 0 Å². The SMILES string of the molecule is CN(C)C(=O)COCC#Cc1cc(Cl)c(N)c2c1OCO2. The number of carbonyl (C=O) groups excluding carboxylic acids is 1. The van der Waals surface area contributed by atoms with Crippen LogP contribution in [-0.2, 0) is 9.53 Å². The molecular weight excluding hydrogens is 296 g/mol. The standard InChI is InChI=1S/C14H15ClN2O4/c1-17(2)11(18)7-19-5-3-4-9-6-10(15)12(16)14-13(9)20-8-21-14/h6H,5,7-8,16H2,1-2H3. The van der Waals surface area contributed by atoms with E-state index >= 15 is 0 Å². The van der Waals surface area contributed by atoms with Crippen molar-refractivity contribution < 1.29 is 19.0 Å². The highest BCUT2D eigenvalue weighted by Crippen LogP contribution is 2.44. The molecule has 0 radical (unpaired) electrons. The number of halogens is 1. The zero-order valence-corrected chi connectivity index (χ0v) is 12.5. The molecule has 0 saturated heterocycles. The third kappa shape index (κ3) is 3.51. The van der Waals surface area contributed by atoms with Crippen LogP contribution in [0, 0.1) is 11.8 Å². The van der Waals surface area contributed by atoms with E-state index in [9.17, 15) is 4.79 Å². The van der Waals surface area contributed by atoms with Crippen molar-refractivity contribution in [2.75, 3.05) is 39.8 Å². The maximum Gasteiger partial charge on any atom is 0.248 e. The largest absolute Gasteiger partial charge is 0.452 e. The van der Waals surface area contributed by atoms with Crippen LogP contribution in [0.3, 0.4) is 0 Å². The molecule has 0 atom stereocenters. The number of likely N-dealkylation sites (N-methyl/N-ethyl adjacent to an activating group) is 1. The number of hydrogen-bond acceptors (Lipinski definition) is 5. The molecule has 0 aromatic heterocycles. The molecule has 0 unspecified atom stereocenters. The van der Waals surface area contributed by atoms with Crippen molar-refractivity contribution in [1.82, 2.24) is 4.90 Å². The average molecular weight is 311 g/mol. The van der Waals surface area contributed by atoms with Crippen LogP contribution in [0.2, 0.25) is 5.02 Å². The molecule has 0 saturated carbocycles. The van der Waals surface area contributed by atoms with Crippen molar-refractivity contribution in [3.05, 3.63) is 16.7 Å². The number of nitrogen functional groups attached to an aromatic ring is 1. The van der Waals surface area contributed by atoms with Gasteiger partial charge in [0, 0.05) is 14.1 Å². The zero-order chi connectivity index (χ0) is 15.4. The summed E-state index contributed by atoms with van der Waals surface area (Å²) in [7, 11) is 3.32. The maximum absolute atomic E-state index is 11.3. The summed E-state index contributed by atoms with van der Waals surface area (Å²) >= 11 is 6.00. The Morgan fingerprint density at radius 3 is 2.90 bits per heavy atom. The van der Waals surface area contributed by atoms with E-state index in [1.165, 1.54) is 4.90 Å². The van der Waals surface area contributed by atoms with Crippen LogP contribution in [0.4, 0.5) is 5.69 Å². The van der Waals surface area contributed by atoms with E-state index in [0.717, 1.165) is 0 Å². The molecule has 0 aliphatic carbocycles. The number of nitrogens with zero attached hydrogens (tertiary/aromatic N) is 1. The van der Waals surface area contributed by atoms with Crippen molar-refractivity contribution in [2.45, 2.75) is 0 Å². The fourth-order valence-corrected chi connectivity index (χ4v) is 1.79. The van der Waals surface area contributed by atoms with Gasteiger partial charge in [0.25, 0.3) is 0 Å².